The lowest BCUT2D eigenvalue weighted by atomic mass is 10.0. The Labute approximate surface area is 259 Å². The highest BCUT2D eigenvalue weighted by atomic mass is 31.2. The van der Waals surface area contributed by atoms with Crippen LogP contribution in [0.3, 0.4) is 0 Å². The number of carbonyl (C=O) groups excluding carboxylic acids is 4. The number of phosphoric ester groups is 1. The summed E-state index contributed by atoms with van der Waals surface area (Å²) < 4.78 is 15.6. The van der Waals surface area contributed by atoms with Gasteiger partial charge in [0.25, 0.3) is 0 Å². The number of amides is 4. The van der Waals surface area contributed by atoms with Crippen molar-refractivity contribution in [1.82, 2.24) is 21.3 Å². The lowest BCUT2D eigenvalue weighted by Crippen LogP contribution is -2.59. The molecule has 0 aliphatic rings. The number of guanidine groups is 2. The predicted molar refractivity (Wildman–Crippen MR) is 162 cm³/mol. The highest BCUT2D eigenvalue weighted by Crippen LogP contribution is 2.35. The molecule has 0 aromatic carbocycles. The van der Waals surface area contributed by atoms with Crippen LogP contribution in [0, 0.1) is 5.92 Å². The van der Waals surface area contributed by atoms with E-state index in [0.29, 0.717) is 6.42 Å². The molecule has 17 N–H and O–H groups in total. The lowest BCUT2D eigenvalue weighted by Gasteiger charge is -2.25. The first-order valence-corrected chi connectivity index (χ1v) is 15.3. The first-order chi connectivity index (χ1) is 20.7. The Bertz CT molecular complexity index is 1120. The molecule has 0 saturated carbocycles. The van der Waals surface area contributed by atoms with Crippen molar-refractivity contribution in [2.75, 3.05) is 19.7 Å². The highest BCUT2D eigenvalue weighted by molar-refractivity contribution is 7.46. The van der Waals surface area contributed by atoms with Crippen molar-refractivity contribution >= 4 is 49.3 Å². The summed E-state index contributed by atoms with van der Waals surface area (Å²) in [5.74, 6) is -5.89. The molecule has 0 radical (unpaired) electrons. The van der Waals surface area contributed by atoms with Crippen molar-refractivity contribution in [1.29, 1.82) is 0 Å². The minimum absolute atomic E-state index is 0.0242. The average Bonchev–Trinajstić information content (AvgIpc) is 2.91. The summed E-state index contributed by atoms with van der Waals surface area (Å²) in [7, 11) is -5.10. The average molecular weight is 668 g/mol. The van der Waals surface area contributed by atoms with Crippen molar-refractivity contribution < 1.29 is 48.0 Å². The van der Waals surface area contributed by atoms with Crippen molar-refractivity contribution in [3.05, 3.63) is 0 Å². The summed E-state index contributed by atoms with van der Waals surface area (Å²) in [5.41, 5.74) is 27.1. The third-order valence-electron chi connectivity index (χ3n) is 5.91. The van der Waals surface area contributed by atoms with E-state index in [4.69, 9.17) is 38.5 Å². The molecular weight excluding hydrogens is 621 g/mol. The fourth-order valence-electron chi connectivity index (χ4n) is 3.50. The summed E-state index contributed by atoms with van der Waals surface area (Å²) in [6, 6.07) is -6.76. The summed E-state index contributed by atoms with van der Waals surface area (Å²) in [5, 5.41) is 18.6. The molecule has 258 valence electrons. The van der Waals surface area contributed by atoms with Gasteiger partial charge in [0.15, 0.2) is 11.9 Å². The Balaban J connectivity index is 5.65. The molecule has 0 bridgehead atoms. The van der Waals surface area contributed by atoms with E-state index >= 15 is 0 Å². The largest absolute Gasteiger partial charge is 0.480 e. The topological polar surface area (TPSA) is 375 Å². The van der Waals surface area contributed by atoms with Crippen LogP contribution in [0.15, 0.2) is 9.98 Å². The number of rotatable bonds is 21. The van der Waals surface area contributed by atoms with Gasteiger partial charge in [-0.1, -0.05) is 13.8 Å². The number of aliphatic carboxylic acids is 1. The van der Waals surface area contributed by atoms with E-state index in [0.717, 1.165) is 0 Å². The first-order valence-electron chi connectivity index (χ1n) is 13.8. The second-order valence-corrected chi connectivity index (χ2v) is 11.5. The quantitative estimate of drug-likeness (QED) is 0.0236. The van der Waals surface area contributed by atoms with E-state index in [1.165, 1.54) is 20.8 Å². The van der Waals surface area contributed by atoms with Crippen LogP contribution in [0.2, 0.25) is 0 Å². The number of carboxylic acid groups (broad SMARTS) is 1. The van der Waals surface area contributed by atoms with Crippen LogP contribution in [0.1, 0.15) is 46.5 Å². The van der Waals surface area contributed by atoms with E-state index in [2.05, 4.69) is 35.8 Å². The molecule has 45 heavy (non-hydrogen) atoms. The third-order valence-corrected chi connectivity index (χ3v) is 6.39. The molecule has 0 rings (SSSR count). The first kappa shape index (κ1) is 41.0. The lowest BCUT2D eigenvalue weighted by molar-refractivity contribution is -0.143. The van der Waals surface area contributed by atoms with Gasteiger partial charge >= 0.3 is 13.8 Å². The summed E-state index contributed by atoms with van der Waals surface area (Å²) in [6.45, 7) is 3.55. The number of phosphoric acid groups is 1. The van der Waals surface area contributed by atoms with Gasteiger partial charge in [-0.2, -0.15) is 0 Å². The molecule has 0 fully saturated rings. The fourth-order valence-corrected chi connectivity index (χ4v) is 3.84. The van der Waals surface area contributed by atoms with E-state index in [1.54, 1.807) is 0 Å². The Morgan fingerprint density at radius 2 is 1.24 bits per heavy atom. The van der Waals surface area contributed by atoms with E-state index in [1.807, 2.05) is 0 Å². The van der Waals surface area contributed by atoms with Crippen molar-refractivity contribution in [3.63, 3.8) is 0 Å². The number of carbonyl (C=O) groups is 5. The standard InChI is InChI=1S/C23H46N11O10P/c1-11(2)16(21(39)40)34-20(38)15(10-44-45(41,42)43)33-17(35)12(3)31-19(37)14(7-5-9-30-23(27)28)32-18(36)13(24)6-4-8-29-22(25)26/h11-16H,4-10,24H2,1-3H3,(H,31,37)(H,32,36)(H,33,35)(H,34,38)(H,39,40)(H4,25,26,29)(H4,27,28,30)(H2,41,42,43)/t12-,13-,14-,15-,16-/m0/s1. The SMILES string of the molecule is CC(C)[C@H](NC(=O)[C@H](COP(=O)(O)O)NC(=O)[C@H](C)NC(=O)[C@H](CCCN=C(N)N)NC(=O)[C@@H](N)CCCN=C(N)N)C(=O)O. The van der Waals surface area contributed by atoms with Gasteiger partial charge in [-0.05, 0) is 38.5 Å². The molecule has 0 heterocycles. The van der Waals surface area contributed by atoms with Crippen LogP contribution in [0.25, 0.3) is 0 Å². The summed E-state index contributed by atoms with van der Waals surface area (Å²) >= 11 is 0. The van der Waals surface area contributed by atoms with Gasteiger partial charge in [-0.15, -0.1) is 0 Å². The van der Waals surface area contributed by atoms with Crippen LogP contribution in [0.4, 0.5) is 0 Å². The maximum absolute atomic E-state index is 13.1. The molecule has 0 aromatic rings. The van der Waals surface area contributed by atoms with Crippen molar-refractivity contribution in [2.45, 2.75) is 76.7 Å². The number of nitrogens with zero attached hydrogens (tertiary/aromatic N) is 2. The van der Waals surface area contributed by atoms with Crippen LogP contribution >= 0.6 is 7.82 Å². The minimum atomic E-state index is -5.10. The monoisotopic (exact) mass is 667 g/mol. The minimum Gasteiger partial charge on any atom is -0.480 e. The van der Waals surface area contributed by atoms with Gasteiger partial charge in [0, 0.05) is 13.1 Å². The fraction of sp³-hybridized carbons (Fsp3) is 0.696. The number of nitrogens with two attached hydrogens (primary N) is 5. The molecule has 0 aromatic heterocycles. The van der Waals surface area contributed by atoms with Gasteiger partial charge in [0.1, 0.15) is 24.2 Å². The molecule has 21 nitrogen and oxygen atoms in total. The molecule has 5 atom stereocenters. The number of carboxylic acids is 1. The van der Waals surface area contributed by atoms with Gasteiger partial charge in [-0.3, -0.25) is 33.7 Å². The van der Waals surface area contributed by atoms with Gasteiger partial charge in [-0.25, -0.2) is 9.36 Å². The van der Waals surface area contributed by atoms with Crippen molar-refractivity contribution in [3.8, 4) is 0 Å². The molecule has 0 saturated heterocycles. The summed E-state index contributed by atoms with van der Waals surface area (Å²) in [4.78, 5) is 88.7. The Hall–Kier alpha value is -4.04. The van der Waals surface area contributed by atoms with Crippen LogP contribution < -0.4 is 49.9 Å². The van der Waals surface area contributed by atoms with E-state index in [9.17, 15) is 33.6 Å². The Morgan fingerprint density at radius 3 is 1.71 bits per heavy atom. The molecular formula is C23H46N11O10P. The molecule has 22 heteroatoms. The third kappa shape index (κ3) is 18.4. The second kappa shape index (κ2) is 20.1. The van der Waals surface area contributed by atoms with E-state index < -0.39 is 80.2 Å². The summed E-state index contributed by atoms with van der Waals surface area (Å²) in [6.07, 6.45) is 0.814. The highest BCUT2D eigenvalue weighted by Gasteiger charge is 2.32. The maximum Gasteiger partial charge on any atom is 0.469 e. The molecule has 0 aliphatic heterocycles. The zero-order valence-electron chi connectivity index (χ0n) is 25.3. The number of nitrogens with one attached hydrogen (secondary N) is 4. The van der Waals surface area contributed by atoms with Crippen molar-refractivity contribution in [2.24, 2.45) is 44.6 Å². The number of hydrogen-bond acceptors (Lipinski definition) is 10. The van der Waals surface area contributed by atoms with E-state index in [-0.39, 0.29) is 44.3 Å². The molecule has 0 spiro atoms. The van der Waals surface area contributed by atoms with Gasteiger partial charge < -0.3 is 64.8 Å². The van der Waals surface area contributed by atoms with Gasteiger partial charge in [0.2, 0.25) is 23.6 Å². The second-order valence-electron chi connectivity index (χ2n) is 10.2. The Kier molecular flexibility index (Phi) is 18.3. The number of aliphatic imine (C=N–C) groups is 2. The number of hydrogen-bond donors (Lipinski definition) is 12. The van der Waals surface area contributed by atoms with Crippen LogP contribution in [-0.4, -0.2) is 106 Å². The molecule has 4 amide bonds. The van der Waals surface area contributed by atoms with Crippen LogP contribution in [0.5, 0.6) is 0 Å². The smallest absolute Gasteiger partial charge is 0.469 e. The van der Waals surface area contributed by atoms with Crippen LogP contribution in [-0.2, 0) is 33.1 Å². The van der Waals surface area contributed by atoms with Gasteiger partial charge in [0.05, 0.1) is 12.6 Å². The molecule has 0 aliphatic carbocycles. The Morgan fingerprint density at radius 1 is 0.756 bits per heavy atom. The predicted octanol–water partition coefficient (Wildman–Crippen LogP) is -4.77. The zero-order valence-corrected chi connectivity index (χ0v) is 26.2. The normalized spacial score (nSPS) is 14.6. The molecule has 0 unspecified atom stereocenters. The zero-order chi connectivity index (χ0) is 34.9. The maximum atomic E-state index is 13.1.